The zero-order valence-corrected chi connectivity index (χ0v) is 19.7. The molecule has 3 rings (SSSR count). The van der Waals surface area contributed by atoms with Crippen molar-refractivity contribution in [3.8, 4) is 5.75 Å². The number of carbonyl (C=O) groups is 1. The first-order chi connectivity index (χ1) is 14.8. The molecule has 168 valence electrons. The summed E-state index contributed by atoms with van der Waals surface area (Å²) in [5, 5.41) is 3.29. The van der Waals surface area contributed by atoms with E-state index in [0.717, 1.165) is 23.2 Å². The van der Waals surface area contributed by atoms with Gasteiger partial charge in [-0.3, -0.25) is 4.79 Å². The van der Waals surface area contributed by atoms with Gasteiger partial charge in [0.2, 0.25) is 15.9 Å². The summed E-state index contributed by atoms with van der Waals surface area (Å²) in [4.78, 5) is 13.1. The van der Waals surface area contributed by atoms with Crippen LogP contribution >= 0.6 is 11.6 Å². The lowest BCUT2D eigenvalue weighted by molar-refractivity contribution is -0.120. The summed E-state index contributed by atoms with van der Waals surface area (Å²) in [5.41, 5.74) is 2.89. The number of anilines is 1. The zero-order valence-electron chi connectivity index (χ0n) is 18.2. The van der Waals surface area contributed by atoms with Crippen molar-refractivity contribution >= 4 is 33.2 Å². The van der Waals surface area contributed by atoms with E-state index in [-0.39, 0.29) is 22.4 Å². The molecule has 1 N–H and O–H groups in total. The predicted molar refractivity (Wildman–Crippen MR) is 123 cm³/mol. The monoisotopic (exact) mass is 464 g/mol. The summed E-state index contributed by atoms with van der Waals surface area (Å²) in [6.45, 7) is 6.80. The molecule has 2 aromatic carbocycles. The minimum absolute atomic E-state index is 0.106. The summed E-state index contributed by atoms with van der Waals surface area (Å²) >= 11 is 6.19. The van der Waals surface area contributed by atoms with Gasteiger partial charge in [-0.2, -0.15) is 4.31 Å². The highest BCUT2D eigenvalue weighted by atomic mass is 35.5. The Morgan fingerprint density at radius 3 is 2.71 bits per heavy atom. The number of benzene rings is 2. The van der Waals surface area contributed by atoms with Gasteiger partial charge in [-0.1, -0.05) is 36.7 Å². The highest BCUT2D eigenvalue weighted by Crippen LogP contribution is 2.31. The molecule has 1 aliphatic heterocycles. The minimum Gasteiger partial charge on any atom is -0.492 e. The molecule has 1 fully saturated rings. The molecule has 1 heterocycles. The van der Waals surface area contributed by atoms with E-state index in [1.54, 1.807) is 6.07 Å². The topological polar surface area (TPSA) is 75.7 Å². The highest BCUT2D eigenvalue weighted by Gasteiger charge is 2.34. The van der Waals surface area contributed by atoms with Crippen LogP contribution in [0.25, 0.3) is 0 Å². The second kappa shape index (κ2) is 10.0. The fraction of sp³-hybridized carbons (Fsp3) is 0.435. The van der Waals surface area contributed by atoms with Gasteiger partial charge < -0.3 is 10.1 Å². The molecule has 0 bridgehead atoms. The first-order valence-corrected chi connectivity index (χ1v) is 12.4. The fourth-order valence-corrected chi connectivity index (χ4v) is 5.72. The molecule has 0 spiro atoms. The molecular formula is C23H29ClN2O4S. The summed E-state index contributed by atoms with van der Waals surface area (Å²) in [6, 6.07) is 10.4. The van der Waals surface area contributed by atoms with Gasteiger partial charge in [0.05, 0.1) is 22.4 Å². The maximum atomic E-state index is 13.2. The molecular weight excluding hydrogens is 436 g/mol. The third-order valence-corrected chi connectivity index (χ3v) is 7.74. The number of piperidine rings is 1. The van der Waals surface area contributed by atoms with Gasteiger partial charge >= 0.3 is 0 Å². The number of para-hydroxylation sites is 1. The largest absolute Gasteiger partial charge is 0.492 e. The van der Waals surface area contributed by atoms with Gasteiger partial charge in [0.1, 0.15) is 5.75 Å². The predicted octanol–water partition coefficient (Wildman–Crippen LogP) is 4.65. The molecule has 0 unspecified atom stereocenters. The van der Waals surface area contributed by atoms with E-state index in [4.69, 9.17) is 16.3 Å². The Bertz CT molecular complexity index is 1060. The normalized spacial score (nSPS) is 17.4. The van der Waals surface area contributed by atoms with E-state index in [2.05, 4.69) is 5.32 Å². The van der Waals surface area contributed by atoms with Gasteiger partial charge in [-0.25, -0.2) is 8.42 Å². The van der Waals surface area contributed by atoms with Crippen LogP contribution < -0.4 is 10.1 Å². The van der Waals surface area contributed by atoms with Crippen molar-refractivity contribution in [3.63, 3.8) is 0 Å². The second-order valence-corrected chi connectivity index (χ2v) is 10.0. The second-order valence-electron chi connectivity index (χ2n) is 7.68. The number of carbonyl (C=O) groups excluding carboxylic acids is 1. The molecule has 2 aromatic rings. The average molecular weight is 465 g/mol. The lowest BCUT2D eigenvalue weighted by Crippen LogP contribution is -2.43. The van der Waals surface area contributed by atoms with Gasteiger partial charge in [0.25, 0.3) is 0 Å². The third-order valence-electron chi connectivity index (χ3n) is 5.58. The molecule has 8 heteroatoms. The molecule has 0 radical (unpaired) electrons. The van der Waals surface area contributed by atoms with Gasteiger partial charge in [0, 0.05) is 18.8 Å². The van der Waals surface area contributed by atoms with Crippen LogP contribution in [-0.2, 0) is 21.2 Å². The van der Waals surface area contributed by atoms with E-state index in [1.807, 2.05) is 39.0 Å². The molecule has 0 aliphatic carbocycles. The Morgan fingerprint density at radius 2 is 2.03 bits per heavy atom. The molecule has 0 saturated carbocycles. The highest BCUT2D eigenvalue weighted by molar-refractivity contribution is 7.89. The van der Waals surface area contributed by atoms with Crippen LogP contribution in [0.4, 0.5) is 5.69 Å². The first kappa shape index (κ1) is 23.6. The number of halogens is 1. The number of nitrogens with one attached hydrogen (secondary N) is 1. The molecule has 31 heavy (non-hydrogen) atoms. The summed E-state index contributed by atoms with van der Waals surface area (Å²) < 4.78 is 33.1. The van der Waals surface area contributed by atoms with Crippen molar-refractivity contribution in [3.05, 3.63) is 52.5 Å². The van der Waals surface area contributed by atoms with Crippen LogP contribution in [0.2, 0.25) is 5.02 Å². The summed E-state index contributed by atoms with van der Waals surface area (Å²) in [6.07, 6.45) is 2.08. The first-order valence-electron chi connectivity index (χ1n) is 10.6. The fourth-order valence-electron chi connectivity index (χ4n) is 3.87. The number of aryl methyl sites for hydroxylation is 2. The van der Waals surface area contributed by atoms with Gasteiger partial charge in [0.15, 0.2) is 0 Å². The van der Waals surface area contributed by atoms with Crippen LogP contribution in [-0.4, -0.2) is 38.3 Å². The maximum absolute atomic E-state index is 13.2. The van der Waals surface area contributed by atoms with Crippen molar-refractivity contribution in [1.29, 1.82) is 0 Å². The van der Waals surface area contributed by atoms with Crippen molar-refractivity contribution in [2.45, 2.75) is 44.9 Å². The van der Waals surface area contributed by atoms with E-state index in [9.17, 15) is 13.2 Å². The van der Waals surface area contributed by atoms with Crippen molar-refractivity contribution < 1.29 is 17.9 Å². The van der Waals surface area contributed by atoms with Crippen LogP contribution in [0.3, 0.4) is 0 Å². The van der Waals surface area contributed by atoms with Gasteiger partial charge in [-0.05, 0) is 62.4 Å². The molecule has 0 aromatic heterocycles. The quantitative estimate of drug-likeness (QED) is 0.647. The standard InChI is InChI=1S/C23H29ClN2O4S/c1-4-17-9-6-8-16(3)22(17)25-23(27)18-10-7-13-26(15-18)31(28,29)19-11-12-21(30-5-2)20(24)14-19/h6,8-9,11-12,14,18H,4-5,7,10,13,15H2,1-3H3,(H,25,27)/t18-/m0/s1. The van der Waals surface area contributed by atoms with E-state index < -0.39 is 15.9 Å². The van der Waals surface area contributed by atoms with E-state index in [1.165, 1.54) is 16.4 Å². The van der Waals surface area contributed by atoms with Crippen LogP contribution in [0, 0.1) is 12.8 Å². The van der Waals surface area contributed by atoms with Crippen molar-refractivity contribution in [1.82, 2.24) is 4.31 Å². The van der Waals surface area contributed by atoms with Crippen molar-refractivity contribution in [2.24, 2.45) is 5.92 Å². The molecule has 1 atom stereocenters. The summed E-state index contributed by atoms with van der Waals surface area (Å²) in [7, 11) is -3.76. The molecule has 1 aliphatic rings. The Balaban J connectivity index is 1.77. The SMILES string of the molecule is CCOc1ccc(S(=O)(=O)N2CCC[C@H](C(=O)Nc3c(C)cccc3CC)C2)cc1Cl. The Morgan fingerprint density at radius 1 is 1.26 bits per heavy atom. The number of amides is 1. The lowest BCUT2D eigenvalue weighted by atomic mass is 9.98. The zero-order chi connectivity index (χ0) is 22.6. The third kappa shape index (κ3) is 5.22. The number of hydrogen-bond acceptors (Lipinski definition) is 4. The average Bonchev–Trinajstić information content (AvgIpc) is 2.76. The van der Waals surface area contributed by atoms with Crippen LogP contribution in [0.5, 0.6) is 5.75 Å². The number of sulfonamides is 1. The number of hydrogen-bond donors (Lipinski definition) is 1. The van der Waals surface area contributed by atoms with Crippen molar-refractivity contribution in [2.75, 3.05) is 25.0 Å². The smallest absolute Gasteiger partial charge is 0.243 e. The van der Waals surface area contributed by atoms with Crippen LogP contribution in [0.1, 0.15) is 37.8 Å². The number of rotatable bonds is 7. The maximum Gasteiger partial charge on any atom is 0.243 e. The van der Waals surface area contributed by atoms with Gasteiger partial charge in [-0.15, -0.1) is 0 Å². The Labute approximate surface area is 189 Å². The van der Waals surface area contributed by atoms with E-state index in [0.29, 0.717) is 31.7 Å². The number of ether oxygens (including phenoxy) is 1. The lowest BCUT2D eigenvalue weighted by Gasteiger charge is -2.31. The minimum atomic E-state index is -3.76. The molecule has 6 nitrogen and oxygen atoms in total. The Kier molecular flexibility index (Phi) is 7.62. The molecule has 1 saturated heterocycles. The Hall–Kier alpha value is -2.09. The number of nitrogens with zero attached hydrogens (tertiary/aromatic N) is 1. The summed E-state index contributed by atoms with van der Waals surface area (Å²) in [5.74, 6) is -0.108. The van der Waals surface area contributed by atoms with Crippen LogP contribution in [0.15, 0.2) is 41.3 Å². The molecule has 1 amide bonds. The van der Waals surface area contributed by atoms with E-state index >= 15 is 0 Å².